The molecule has 0 saturated carbocycles. The predicted molar refractivity (Wildman–Crippen MR) is 135 cm³/mol. The molecule has 0 aromatic heterocycles. The molecule has 4 rings (SSSR count). The highest BCUT2D eigenvalue weighted by Crippen LogP contribution is 2.35. The minimum atomic E-state index is -4.56. The number of alkyl halides is 3. The van der Waals surface area contributed by atoms with Crippen molar-refractivity contribution in [3.8, 4) is 0 Å². The second kappa shape index (κ2) is 11.3. The van der Waals surface area contributed by atoms with Crippen LogP contribution in [0.15, 0.2) is 115 Å². The van der Waals surface area contributed by atoms with Gasteiger partial charge in [0.1, 0.15) is 12.1 Å². The van der Waals surface area contributed by atoms with Crippen molar-refractivity contribution in [2.45, 2.75) is 24.4 Å². The molecule has 8 heteroatoms. The third-order valence-corrected chi connectivity index (χ3v) is 6.10. The van der Waals surface area contributed by atoms with Gasteiger partial charge in [-0.3, -0.25) is 4.79 Å². The summed E-state index contributed by atoms with van der Waals surface area (Å²) in [6.45, 7) is -0.108. The molecule has 0 aliphatic heterocycles. The van der Waals surface area contributed by atoms with E-state index in [0.29, 0.717) is 16.7 Å². The number of carbonyl (C=O) groups is 2. The smallest absolute Gasteiger partial charge is 0.416 e. The van der Waals surface area contributed by atoms with Crippen molar-refractivity contribution >= 4 is 11.9 Å². The lowest BCUT2D eigenvalue weighted by molar-refractivity contribution is -0.158. The van der Waals surface area contributed by atoms with E-state index < -0.39 is 35.3 Å². The van der Waals surface area contributed by atoms with E-state index in [2.05, 4.69) is 5.32 Å². The normalized spacial score (nSPS) is 12.4. The van der Waals surface area contributed by atoms with Crippen LogP contribution in [-0.2, 0) is 27.9 Å². The maximum absolute atomic E-state index is 13.4. The lowest BCUT2D eigenvalue weighted by Crippen LogP contribution is -2.58. The first-order valence-corrected chi connectivity index (χ1v) is 11.7. The van der Waals surface area contributed by atoms with E-state index in [9.17, 15) is 27.9 Å². The zero-order valence-corrected chi connectivity index (χ0v) is 20.1. The summed E-state index contributed by atoms with van der Waals surface area (Å²) < 4.78 is 44.5. The average Bonchev–Trinajstić information content (AvgIpc) is 2.95. The van der Waals surface area contributed by atoms with Crippen LogP contribution >= 0.6 is 0 Å². The van der Waals surface area contributed by atoms with Crippen molar-refractivity contribution in [2.75, 3.05) is 0 Å². The minimum Gasteiger partial charge on any atom is -0.459 e. The molecule has 4 aromatic carbocycles. The average molecular weight is 520 g/mol. The Morgan fingerprint density at radius 1 is 0.711 bits per heavy atom. The zero-order valence-electron chi connectivity index (χ0n) is 20.1. The molecule has 0 aliphatic rings. The number of amides is 1. The molecule has 1 amide bonds. The number of halogens is 3. The van der Waals surface area contributed by atoms with E-state index in [1.165, 1.54) is 0 Å². The Kier molecular flexibility index (Phi) is 7.93. The number of hydrogen-bond acceptors (Lipinski definition) is 4. The molecule has 0 heterocycles. The topological polar surface area (TPSA) is 75.6 Å². The van der Waals surface area contributed by atoms with Crippen molar-refractivity contribution in [1.29, 1.82) is 0 Å². The van der Waals surface area contributed by atoms with Gasteiger partial charge in [-0.05, 0) is 41.0 Å². The third-order valence-electron chi connectivity index (χ3n) is 6.10. The summed E-state index contributed by atoms with van der Waals surface area (Å²) in [5, 5.41) is 14.3. The summed E-state index contributed by atoms with van der Waals surface area (Å²) in [7, 11) is 0. The molecule has 0 radical (unpaired) electrons. The van der Waals surface area contributed by atoms with Crippen molar-refractivity contribution < 1.29 is 32.6 Å². The molecule has 0 bridgehead atoms. The number of hydrogen-bond donors (Lipinski definition) is 2. The van der Waals surface area contributed by atoms with E-state index >= 15 is 0 Å². The highest BCUT2D eigenvalue weighted by Gasteiger charge is 2.47. The van der Waals surface area contributed by atoms with Gasteiger partial charge in [0, 0.05) is 5.56 Å². The molecule has 2 N–H and O–H groups in total. The standard InChI is InChI=1S/C30H24F3NO4/c31-30(32,33)25-18-16-22(17-19-25)27(36)34-29(23-12-6-2-7-13-23,24-14-8-3-9-15-24)26(35)28(37)38-20-21-10-4-1-5-11-21/h1-19,26,35H,20H2,(H,34,36). The van der Waals surface area contributed by atoms with Gasteiger partial charge in [-0.25, -0.2) is 4.79 Å². The first-order valence-electron chi connectivity index (χ1n) is 11.7. The van der Waals surface area contributed by atoms with Crippen LogP contribution in [0, 0.1) is 0 Å². The molecule has 0 spiro atoms. The number of esters is 1. The second-order valence-corrected chi connectivity index (χ2v) is 8.57. The van der Waals surface area contributed by atoms with Gasteiger partial charge in [0.25, 0.3) is 5.91 Å². The fourth-order valence-corrected chi connectivity index (χ4v) is 4.14. The SMILES string of the molecule is O=C(NC(c1ccccc1)(c1ccccc1)C(O)C(=O)OCc1ccccc1)c1ccc(C(F)(F)F)cc1. The maximum atomic E-state index is 13.4. The molecule has 0 saturated heterocycles. The van der Waals surface area contributed by atoms with E-state index in [4.69, 9.17) is 4.74 Å². The number of benzene rings is 4. The Morgan fingerprint density at radius 2 is 1.18 bits per heavy atom. The summed E-state index contributed by atoms with van der Waals surface area (Å²) in [6.07, 6.45) is -6.47. The quantitative estimate of drug-likeness (QED) is 0.302. The number of carbonyl (C=O) groups excluding carboxylic acids is 2. The molecule has 4 aromatic rings. The monoisotopic (exact) mass is 519 g/mol. The van der Waals surface area contributed by atoms with Gasteiger partial charge < -0.3 is 15.2 Å². The molecular weight excluding hydrogens is 495 g/mol. The summed E-state index contributed by atoms with van der Waals surface area (Å²) in [4.78, 5) is 26.7. The number of aliphatic hydroxyl groups excluding tert-OH is 1. The fourth-order valence-electron chi connectivity index (χ4n) is 4.14. The van der Waals surface area contributed by atoms with Crippen molar-refractivity contribution in [1.82, 2.24) is 5.32 Å². The highest BCUT2D eigenvalue weighted by atomic mass is 19.4. The molecule has 5 nitrogen and oxygen atoms in total. The van der Waals surface area contributed by atoms with Crippen molar-refractivity contribution in [3.05, 3.63) is 143 Å². The summed E-state index contributed by atoms with van der Waals surface area (Å²) in [5.74, 6) is -1.78. The molecule has 1 unspecified atom stereocenters. The molecule has 1 atom stereocenters. The van der Waals surface area contributed by atoms with Gasteiger partial charge in [0.05, 0.1) is 5.56 Å². The Labute approximate surface area is 217 Å². The second-order valence-electron chi connectivity index (χ2n) is 8.57. The largest absolute Gasteiger partial charge is 0.459 e. The van der Waals surface area contributed by atoms with Crippen LogP contribution in [0.1, 0.15) is 32.6 Å². The van der Waals surface area contributed by atoms with E-state index in [-0.39, 0.29) is 12.2 Å². The Hall–Kier alpha value is -4.43. The number of aliphatic hydroxyl groups is 1. The van der Waals surface area contributed by atoms with Crippen LogP contribution in [-0.4, -0.2) is 23.1 Å². The highest BCUT2D eigenvalue weighted by molar-refractivity contribution is 5.96. The van der Waals surface area contributed by atoms with Crippen LogP contribution in [0.3, 0.4) is 0 Å². The lowest BCUT2D eigenvalue weighted by Gasteiger charge is -2.38. The van der Waals surface area contributed by atoms with E-state index in [1.54, 1.807) is 84.9 Å². The number of rotatable bonds is 8. The Bertz CT molecular complexity index is 1320. The lowest BCUT2D eigenvalue weighted by atomic mass is 9.77. The minimum absolute atomic E-state index is 0.0842. The van der Waals surface area contributed by atoms with Crippen LogP contribution in [0.2, 0.25) is 0 Å². The van der Waals surface area contributed by atoms with Gasteiger partial charge >= 0.3 is 12.1 Å². The molecule has 194 valence electrons. The van der Waals surface area contributed by atoms with Gasteiger partial charge in [0.15, 0.2) is 6.10 Å². The molecular formula is C30H24F3NO4. The molecule has 0 aliphatic carbocycles. The van der Waals surface area contributed by atoms with E-state index in [0.717, 1.165) is 24.3 Å². The van der Waals surface area contributed by atoms with Crippen LogP contribution in [0.4, 0.5) is 13.2 Å². The maximum Gasteiger partial charge on any atom is 0.416 e. The summed E-state index contributed by atoms with van der Waals surface area (Å²) in [6, 6.07) is 29.3. The van der Waals surface area contributed by atoms with E-state index in [1.807, 2.05) is 6.07 Å². The zero-order chi connectivity index (χ0) is 27.2. The van der Waals surface area contributed by atoms with Crippen LogP contribution < -0.4 is 5.32 Å². The summed E-state index contributed by atoms with van der Waals surface area (Å²) >= 11 is 0. The molecule has 0 fully saturated rings. The fraction of sp³-hybridized carbons (Fsp3) is 0.133. The van der Waals surface area contributed by atoms with Crippen molar-refractivity contribution in [2.24, 2.45) is 0 Å². The number of ether oxygens (including phenoxy) is 1. The molecule has 38 heavy (non-hydrogen) atoms. The van der Waals surface area contributed by atoms with Crippen LogP contribution in [0.5, 0.6) is 0 Å². The van der Waals surface area contributed by atoms with Gasteiger partial charge in [-0.2, -0.15) is 13.2 Å². The summed E-state index contributed by atoms with van der Waals surface area (Å²) in [5.41, 5.74) is -1.37. The third kappa shape index (κ3) is 5.76. The van der Waals surface area contributed by atoms with Gasteiger partial charge in [-0.1, -0.05) is 91.0 Å². The first-order chi connectivity index (χ1) is 18.2. The first kappa shape index (κ1) is 26.6. The number of nitrogens with one attached hydrogen (secondary N) is 1. The Balaban J connectivity index is 1.75. The predicted octanol–water partition coefficient (Wildman–Crippen LogP) is 5.48. The van der Waals surface area contributed by atoms with Gasteiger partial charge in [0.2, 0.25) is 0 Å². The van der Waals surface area contributed by atoms with Crippen molar-refractivity contribution in [3.63, 3.8) is 0 Å². The van der Waals surface area contributed by atoms with Gasteiger partial charge in [-0.15, -0.1) is 0 Å². The van der Waals surface area contributed by atoms with Crippen LogP contribution in [0.25, 0.3) is 0 Å². The Morgan fingerprint density at radius 3 is 1.66 bits per heavy atom.